The Labute approximate surface area is 119 Å². The van der Waals surface area contributed by atoms with Crippen molar-refractivity contribution in [2.24, 2.45) is 11.8 Å². The average Bonchev–Trinajstić information content (AvgIpc) is 2.81. The number of likely N-dealkylation sites (tertiary alicyclic amines) is 1. The summed E-state index contributed by atoms with van der Waals surface area (Å²) in [5.41, 5.74) is 0. The van der Waals surface area contributed by atoms with Crippen molar-refractivity contribution in [3.63, 3.8) is 0 Å². The largest absolute Gasteiger partial charge is 0.497 e. The maximum Gasteiger partial charge on any atom is 0.308 e. The zero-order valence-corrected chi connectivity index (χ0v) is 11.9. The van der Waals surface area contributed by atoms with Crippen LogP contribution in [0.15, 0.2) is 24.3 Å². The fourth-order valence-electron chi connectivity index (χ4n) is 2.54. The lowest BCUT2D eigenvalue weighted by molar-refractivity contribution is -0.142. The minimum absolute atomic E-state index is 0.202. The summed E-state index contributed by atoms with van der Waals surface area (Å²) >= 11 is 0. The van der Waals surface area contributed by atoms with Gasteiger partial charge in [-0.05, 0) is 30.2 Å². The second-order valence-electron chi connectivity index (χ2n) is 5.21. The van der Waals surface area contributed by atoms with Gasteiger partial charge < -0.3 is 14.6 Å². The third-order valence-corrected chi connectivity index (χ3v) is 3.74. The first-order chi connectivity index (χ1) is 9.60. The quantitative estimate of drug-likeness (QED) is 0.859. The lowest BCUT2D eigenvalue weighted by atomic mass is 9.99. The molecule has 1 saturated heterocycles. The molecule has 0 aromatic heterocycles. The molecule has 20 heavy (non-hydrogen) atoms. The standard InChI is InChI=1S/C15H21NO4/c1-11-9-16(10-14(11)15(17)18)7-8-20-13-5-3-12(19-2)4-6-13/h3-6,11,14H,7-10H2,1-2H3,(H,17,18)/t11-,14-/m1/s1. The Bertz CT molecular complexity index is 446. The summed E-state index contributed by atoms with van der Waals surface area (Å²) in [4.78, 5) is 13.2. The number of carbonyl (C=O) groups is 1. The molecule has 1 aromatic rings. The Morgan fingerprint density at radius 1 is 1.30 bits per heavy atom. The molecule has 110 valence electrons. The van der Waals surface area contributed by atoms with Crippen molar-refractivity contribution in [1.82, 2.24) is 4.90 Å². The number of ether oxygens (including phenoxy) is 2. The summed E-state index contributed by atoms with van der Waals surface area (Å²) in [5, 5.41) is 9.08. The van der Waals surface area contributed by atoms with Crippen molar-refractivity contribution in [2.45, 2.75) is 6.92 Å². The van der Waals surface area contributed by atoms with E-state index in [2.05, 4.69) is 4.90 Å². The number of aliphatic carboxylic acids is 1. The van der Waals surface area contributed by atoms with Crippen LogP contribution in [-0.4, -0.2) is 49.3 Å². The molecule has 0 aliphatic carbocycles. The van der Waals surface area contributed by atoms with Gasteiger partial charge in [0.05, 0.1) is 13.0 Å². The Hall–Kier alpha value is -1.75. The molecule has 0 amide bonds. The molecule has 5 nitrogen and oxygen atoms in total. The molecule has 1 heterocycles. The number of carboxylic acid groups (broad SMARTS) is 1. The molecule has 1 N–H and O–H groups in total. The van der Waals surface area contributed by atoms with E-state index in [1.54, 1.807) is 7.11 Å². The summed E-state index contributed by atoms with van der Waals surface area (Å²) in [6.45, 7) is 4.74. The third kappa shape index (κ3) is 3.63. The van der Waals surface area contributed by atoms with Gasteiger partial charge in [0.25, 0.3) is 0 Å². The molecule has 2 atom stereocenters. The van der Waals surface area contributed by atoms with Gasteiger partial charge in [0.15, 0.2) is 0 Å². The summed E-state index contributed by atoms with van der Waals surface area (Å²) in [7, 11) is 1.63. The highest BCUT2D eigenvalue weighted by Crippen LogP contribution is 2.23. The van der Waals surface area contributed by atoms with Crippen LogP contribution in [0.2, 0.25) is 0 Å². The summed E-state index contributed by atoms with van der Waals surface area (Å²) in [6, 6.07) is 7.44. The molecule has 0 unspecified atom stereocenters. The van der Waals surface area contributed by atoms with Crippen LogP contribution >= 0.6 is 0 Å². The van der Waals surface area contributed by atoms with E-state index in [1.165, 1.54) is 0 Å². The topological polar surface area (TPSA) is 59.0 Å². The van der Waals surface area contributed by atoms with Crippen LogP contribution < -0.4 is 9.47 Å². The Balaban J connectivity index is 1.74. The van der Waals surface area contributed by atoms with E-state index in [0.29, 0.717) is 13.2 Å². The molecule has 1 aliphatic rings. The molecule has 1 aliphatic heterocycles. The molecule has 2 rings (SSSR count). The number of rotatable bonds is 6. The first-order valence-corrected chi connectivity index (χ1v) is 6.82. The van der Waals surface area contributed by atoms with Crippen molar-refractivity contribution >= 4 is 5.97 Å². The molecule has 0 saturated carbocycles. The molecule has 0 bridgehead atoms. The summed E-state index contributed by atoms with van der Waals surface area (Å²) < 4.78 is 10.7. The zero-order chi connectivity index (χ0) is 14.5. The second-order valence-corrected chi connectivity index (χ2v) is 5.21. The highest BCUT2D eigenvalue weighted by Gasteiger charge is 2.34. The van der Waals surface area contributed by atoms with E-state index in [4.69, 9.17) is 14.6 Å². The van der Waals surface area contributed by atoms with Crippen LogP contribution in [-0.2, 0) is 4.79 Å². The van der Waals surface area contributed by atoms with E-state index >= 15 is 0 Å². The summed E-state index contributed by atoms with van der Waals surface area (Å²) in [6.07, 6.45) is 0. The Morgan fingerprint density at radius 3 is 2.50 bits per heavy atom. The lowest BCUT2D eigenvalue weighted by Gasteiger charge is -2.15. The van der Waals surface area contributed by atoms with Crippen LogP contribution in [0.1, 0.15) is 6.92 Å². The number of nitrogens with zero attached hydrogens (tertiary/aromatic N) is 1. The first kappa shape index (κ1) is 14.7. The van der Waals surface area contributed by atoms with Crippen molar-refractivity contribution in [1.29, 1.82) is 0 Å². The zero-order valence-electron chi connectivity index (χ0n) is 11.9. The number of hydrogen-bond acceptors (Lipinski definition) is 4. The van der Waals surface area contributed by atoms with Gasteiger partial charge in [-0.2, -0.15) is 0 Å². The number of methoxy groups -OCH3 is 1. The number of benzene rings is 1. The van der Waals surface area contributed by atoms with Crippen LogP contribution in [0.3, 0.4) is 0 Å². The minimum atomic E-state index is -0.698. The van der Waals surface area contributed by atoms with Crippen molar-refractivity contribution in [2.75, 3.05) is 33.4 Å². The predicted molar refractivity (Wildman–Crippen MR) is 75.2 cm³/mol. The molecule has 0 radical (unpaired) electrons. The molecule has 1 aromatic carbocycles. The van der Waals surface area contributed by atoms with Crippen molar-refractivity contribution in [3.05, 3.63) is 24.3 Å². The molecule has 1 fully saturated rings. The Morgan fingerprint density at radius 2 is 1.95 bits per heavy atom. The van der Waals surface area contributed by atoms with E-state index in [9.17, 15) is 4.79 Å². The van der Waals surface area contributed by atoms with Gasteiger partial charge >= 0.3 is 5.97 Å². The van der Waals surface area contributed by atoms with E-state index < -0.39 is 5.97 Å². The van der Waals surface area contributed by atoms with Crippen LogP contribution in [0.5, 0.6) is 11.5 Å². The minimum Gasteiger partial charge on any atom is -0.497 e. The van der Waals surface area contributed by atoms with Gasteiger partial charge in [0.2, 0.25) is 0 Å². The van der Waals surface area contributed by atoms with E-state index in [1.807, 2.05) is 31.2 Å². The fraction of sp³-hybridized carbons (Fsp3) is 0.533. The van der Waals surface area contributed by atoms with Gasteiger partial charge in [0.1, 0.15) is 18.1 Å². The van der Waals surface area contributed by atoms with Crippen molar-refractivity contribution in [3.8, 4) is 11.5 Å². The predicted octanol–water partition coefficient (Wildman–Crippen LogP) is 1.73. The number of hydrogen-bond donors (Lipinski definition) is 1. The highest BCUT2D eigenvalue weighted by atomic mass is 16.5. The van der Waals surface area contributed by atoms with Crippen LogP contribution in [0.4, 0.5) is 0 Å². The highest BCUT2D eigenvalue weighted by molar-refractivity contribution is 5.71. The van der Waals surface area contributed by atoms with Crippen LogP contribution in [0, 0.1) is 11.8 Å². The fourth-order valence-corrected chi connectivity index (χ4v) is 2.54. The van der Waals surface area contributed by atoms with Crippen molar-refractivity contribution < 1.29 is 19.4 Å². The molecule has 5 heteroatoms. The van der Waals surface area contributed by atoms with Gasteiger partial charge in [-0.3, -0.25) is 9.69 Å². The van der Waals surface area contributed by atoms with Gasteiger partial charge in [-0.15, -0.1) is 0 Å². The average molecular weight is 279 g/mol. The second kappa shape index (κ2) is 6.61. The Kier molecular flexibility index (Phi) is 4.84. The summed E-state index contributed by atoms with van der Waals surface area (Å²) in [5.74, 6) is 0.850. The lowest BCUT2D eigenvalue weighted by Crippen LogP contribution is -2.27. The van der Waals surface area contributed by atoms with E-state index in [-0.39, 0.29) is 11.8 Å². The third-order valence-electron chi connectivity index (χ3n) is 3.74. The molecule has 0 spiro atoms. The number of carboxylic acids is 1. The molecular formula is C15H21NO4. The van der Waals surface area contributed by atoms with Gasteiger partial charge in [-0.1, -0.05) is 6.92 Å². The van der Waals surface area contributed by atoms with Gasteiger partial charge in [0, 0.05) is 19.6 Å². The maximum absolute atomic E-state index is 11.0. The normalized spacial score (nSPS) is 22.7. The first-order valence-electron chi connectivity index (χ1n) is 6.82. The van der Waals surface area contributed by atoms with E-state index in [0.717, 1.165) is 24.6 Å². The van der Waals surface area contributed by atoms with Gasteiger partial charge in [-0.25, -0.2) is 0 Å². The smallest absolute Gasteiger partial charge is 0.308 e. The maximum atomic E-state index is 11.0. The SMILES string of the molecule is COc1ccc(OCCN2C[C@@H](C)[C@H](C(=O)O)C2)cc1. The van der Waals surface area contributed by atoms with Crippen LogP contribution in [0.25, 0.3) is 0 Å². The monoisotopic (exact) mass is 279 g/mol. The molecular weight excluding hydrogens is 258 g/mol.